The number of aromatic nitrogens is 2. The molecular weight excluding hydrogens is 456 g/mol. The average molecular weight is 489 g/mol. The number of carbonyl (C=O) groups is 3. The Morgan fingerprint density at radius 1 is 1.08 bits per heavy atom. The number of aryl methyl sites for hydroxylation is 1. The Bertz CT molecular complexity index is 1300. The number of likely N-dealkylation sites (tertiary alicyclic amines) is 1. The molecule has 2 heterocycles. The van der Waals surface area contributed by atoms with Crippen molar-refractivity contribution in [3.05, 3.63) is 59.4 Å². The van der Waals surface area contributed by atoms with Gasteiger partial charge in [0.1, 0.15) is 12.4 Å². The molecule has 2 amide bonds. The molecule has 1 N–H and O–H groups in total. The van der Waals surface area contributed by atoms with Crippen LogP contribution in [0.15, 0.2) is 42.5 Å². The maximum Gasteiger partial charge on any atom is 0.256 e. The molecule has 0 unspecified atom stereocenters. The molecule has 1 saturated heterocycles. The molecule has 1 atom stereocenters. The Kier molecular flexibility index (Phi) is 6.87. The van der Waals surface area contributed by atoms with E-state index in [1.54, 1.807) is 11.0 Å². The van der Waals surface area contributed by atoms with Crippen molar-refractivity contribution in [1.82, 2.24) is 14.5 Å². The monoisotopic (exact) mass is 488 g/mol. The zero-order valence-electron chi connectivity index (χ0n) is 20.8. The second-order valence-electron chi connectivity index (χ2n) is 9.85. The van der Waals surface area contributed by atoms with E-state index in [-0.39, 0.29) is 30.1 Å². The first-order valence-electron chi connectivity index (χ1n) is 12.6. The zero-order valence-corrected chi connectivity index (χ0v) is 20.8. The van der Waals surface area contributed by atoms with Crippen LogP contribution in [-0.2, 0) is 16.6 Å². The minimum atomic E-state index is -0.295. The number of Topliss-reactive ketones (excluding diaryl/α,β-unsaturated/α-hetero) is 1. The Labute approximate surface area is 210 Å². The van der Waals surface area contributed by atoms with Crippen molar-refractivity contribution < 1.29 is 19.1 Å². The van der Waals surface area contributed by atoms with Gasteiger partial charge in [-0.15, -0.1) is 0 Å². The van der Waals surface area contributed by atoms with Gasteiger partial charge in [0.15, 0.2) is 5.78 Å². The minimum Gasteiger partial charge on any atom is -0.375 e. The number of fused-ring (bicyclic) bond motifs is 1. The number of anilines is 1. The number of benzene rings is 2. The Morgan fingerprint density at radius 3 is 2.56 bits per heavy atom. The van der Waals surface area contributed by atoms with Crippen molar-refractivity contribution in [3.63, 3.8) is 0 Å². The van der Waals surface area contributed by atoms with Crippen molar-refractivity contribution in [2.45, 2.75) is 38.0 Å². The van der Waals surface area contributed by atoms with Crippen LogP contribution in [-0.4, -0.2) is 58.9 Å². The van der Waals surface area contributed by atoms with Gasteiger partial charge < -0.3 is 19.5 Å². The number of nitrogens with zero attached hydrogens (tertiary/aromatic N) is 3. The van der Waals surface area contributed by atoms with Crippen molar-refractivity contribution in [3.8, 4) is 0 Å². The minimum absolute atomic E-state index is 0.0756. The molecule has 36 heavy (non-hydrogen) atoms. The lowest BCUT2D eigenvalue weighted by Gasteiger charge is -2.32. The summed E-state index contributed by atoms with van der Waals surface area (Å²) in [6.45, 7) is 0.889. The highest BCUT2D eigenvalue weighted by Gasteiger charge is 2.32. The van der Waals surface area contributed by atoms with Crippen LogP contribution in [0, 0.1) is 5.92 Å². The Balaban J connectivity index is 1.48. The van der Waals surface area contributed by atoms with Crippen LogP contribution in [0.5, 0.6) is 0 Å². The summed E-state index contributed by atoms with van der Waals surface area (Å²) in [6, 6.07) is 12.8. The van der Waals surface area contributed by atoms with Crippen LogP contribution in [0.3, 0.4) is 0 Å². The number of ether oxygens (including phenoxy) is 1. The molecule has 1 aliphatic carbocycles. The number of hydrogen-bond acceptors (Lipinski definition) is 5. The van der Waals surface area contributed by atoms with E-state index in [0.29, 0.717) is 41.3 Å². The lowest BCUT2D eigenvalue weighted by molar-refractivity contribution is -0.119. The lowest BCUT2D eigenvalue weighted by atomic mass is 9.85. The predicted molar refractivity (Wildman–Crippen MR) is 137 cm³/mol. The molecule has 2 aliphatic rings. The van der Waals surface area contributed by atoms with Gasteiger partial charge in [0.05, 0.1) is 16.6 Å². The highest BCUT2D eigenvalue weighted by molar-refractivity contribution is 6.08. The van der Waals surface area contributed by atoms with Gasteiger partial charge in [0, 0.05) is 50.3 Å². The SMILES string of the molecule is COCC(=O)Nc1cc(C(=O)N2CCC[C@H](C(=O)c3ccccc3)C2)c2c(c1)nc(C1CCC1)n2C. The van der Waals surface area contributed by atoms with Gasteiger partial charge in [0.2, 0.25) is 5.91 Å². The van der Waals surface area contributed by atoms with Gasteiger partial charge in [0.25, 0.3) is 5.91 Å². The first-order chi connectivity index (χ1) is 17.5. The van der Waals surface area contributed by atoms with Gasteiger partial charge in [-0.25, -0.2) is 4.98 Å². The van der Waals surface area contributed by atoms with Crippen molar-refractivity contribution in [1.29, 1.82) is 0 Å². The molecule has 5 rings (SSSR count). The van der Waals surface area contributed by atoms with Crippen molar-refractivity contribution in [2.75, 3.05) is 32.1 Å². The molecule has 2 aromatic carbocycles. The number of methoxy groups -OCH3 is 1. The number of amides is 2. The Hall–Kier alpha value is -3.52. The fraction of sp³-hybridized carbons (Fsp3) is 0.429. The topological polar surface area (TPSA) is 93.5 Å². The average Bonchev–Trinajstić information content (AvgIpc) is 3.17. The van der Waals surface area contributed by atoms with Crippen molar-refractivity contribution in [2.24, 2.45) is 13.0 Å². The summed E-state index contributed by atoms with van der Waals surface area (Å²) in [7, 11) is 3.42. The van der Waals surface area contributed by atoms with Gasteiger partial charge in [-0.05, 0) is 37.8 Å². The van der Waals surface area contributed by atoms with Crippen LogP contribution < -0.4 is 5.32 Å². The van der Waals surface area contributed by atoms with E-state index < -0.39 is 0 Å². The van der Waals surface area contributed by atoms with Gasteiger partial charge in [-0.2, -0.15) is 0 Å². The predicted octanol–water partition coefficient (Wildman–Crippen LogP) is 4.16. The number of imidazole rings is 1. The number of hydrogen-bond donors (Lipinski definition) is 1. The van der Waals surface area contributed by atoms with E-state index in [2.05, 4.69) is 5.32 Å². The maximum atomic E-state index is 13.9. The molecule has 1 aromatic heterocycles. The fourth-order valence-corrected chi connectivity index (χ4v) is 5.35. The molecule has 3 aromatic rings. The van der Waals surface area contributed by atoms with E-state index in [1.165, 1.54) is 13.5 Å². The molecular formula is C28H32N4O4. The molecule has 1 aliphatic heterocycles. The number of ketones is 1. The Morgan fingerprint density at radius 2 is 1.86 bits per heavy atom. The molecule has 0 spiro atoms. The normalized spacial score (nSPS) is 18.2. The second kappa shape index (κ2) is 10.2. The number of carbonyl (C=O) groups excluding carboxylic acids is 3. The molecule has 0 bridgehead atoms. The largest absolute Gasteiger partial charge is 0.375 e. The smallest absolute Gasteiger partial charge is 0.256 e. The van der Waals surface area contributed by atoms with E-state index in [0.717, 1.165) is 37.0 Å². The standard InChI is InChI=1S/C28H32N4O4/c1-31-25-22(28(35)32-13-7-12-20(16-32)26(34)18-8-4-3-5-9-18)14-21(29-24(33)17-36-2)15-23(25)30-27(31)19-10-6-11-19/h3-5,8-9,14-15,19-20H,6-7,10-13,16-17H2,1-2H3,(H,29,33)/t20-/m0/s1. The summed E-state index contributed by atoms with van der Waals surface area (Å²) >= 11 is 0. The van der Waals surface area contributed by atoms with E-state index in [4.69, 9.17) is 9.72 Å². The van der Waals surface area contributed by atoms with E-state index in [9.17, 15) is 14.4 Å². The highest BCUT2D eigenvalue weighted by atomic mass is 16.5. The van der Waals surface area contributed by atoms with Gasteiger partial charge in [-0.1, -0.05) is 36.8 Å². The van der Waals surface area contributed by atoms with Crippen LogP contribution in [0.1, 0.15) is 64.6 Å². The third-order valence-corrected chi connectivity index (χ3v) is 7.40. The maximum absolute atomic E-state index is 13.9. The number of rotatable bonds is 7. The number of nitrogens with one attached hydrogen (secondary N) is 1. The summed E-state index contributed by atoms with van der Waals surface area (Å²) in [5.41, 5.74) is 3.14. The highest BCUT2D eigenvalue weighted by Crippen LogP contribution is 2.38. The lowest BCUT2D eigenvalue weighted by Crippen LogP contribution is -2.42. The van der Waals surface area contributed by atoms with E-state index in [1.807, 2.05) is 48.0 Å². The van der Waals surface area contributed by atoms with Crippen LogP contribution in [0.25, 0.3) is 11.0 Å². The quantitative estimate of drug-likeness (QED) is 0.504. The third-order valence-electron chi connectivity index (χ3n) is 7.40. The third kappa shape index (κ3) is 4.65. The summed E-state index contributed by atoms with van der Waals surface area (Å²) < 4.78 is 6.98. The van der Waals surface area contributed by atoms with Crippen LogP contribution in [0.4, 0.5) is 5.69 Å². The van der Waals surface area contributed by atoms with Gasteiger partial charge >= 0.3 is 0 Å². The molecule has 8 heteroatoms. The van der Waals surface area contributed by atoms with Crippen LogP contribution in [0.2, 0.25) is 0 Å². The first kappa shape index (κ1) is 24.2. The summed E-state index contributed by atoms with van der Waals surface area (Å²) in [6.07, 6.45) is 4.89. The second-order valence-corrected chi connectivity index (χ2v) is 9.85. The summed E-state index contributed by atoms with van der Waals surface area (Å²) in [4.78, 5) is 45.9. The molecule has 0 radical (unpaired) electrons. The summed E-state index contributed by atoms with van der Waals surface area (Å²) in [5.74, 6) is 0.767. The van der Waals surface area contributed by atoms with Gasteiger partial charge in [-0.3, -0.25) is 14.4 Å². The molecule has 2 fully saturated rings. The summed E-state index contributed by atoms with van der Waals surface area (Å²) in [5, 5.41) is 2.83. The van der Waals surface area contributed by atoms with Crippen LogP contribution >= 0.6 is 0 Å². The number of piperidine rings is 1. The fourth-order valence-electron chi connectivity index (χ4n) is 5.35. The van der Waals surface area contributed by atoms with Crippen molar-refractivity contribution >= 4 is 34.3 Å². The first-order valence-corrected chi connectivity index (χ1v) is 12.6. The van der Waals surface area contributed by atoms with E-state index >= 15 is 0 Å². The molecule has 188 valence electrons. The zero-order chi connectivity index (χ0) is 25.2. The molecule has 8 nitrogen and oxygen atoms in total. The molecule has 1 saturated carbocycles.